The number of hydrogen-bond donors (Lipinski definition) is 2. The zero-order valence-corrected chi connectivity index (χ0v) is 16.7. The molecule has 2 heterocycles. The molecule has 0 fully saturated rings. The number of sulfonamides is 1. The van der Waals surface area contributed by atoms with Crippen LogP contribution in [0.2, 0.25) is 0 Å². The summed E-state index contributed by atoms with van der Waals surface area (Å²) in [7, 11) is -4.11. The fourth-order valence-corrected chi connectivity index (χ4v) is 3.63. The molecule has 7 nitrogen and oxygen atoms in total. The van der Waals surface area contributed by atoms with Crippen LogP contribution in [0.25, 0.3) is 33.9 Å². The normalized spacial score (nSPS) is 12.2. The van der Waals surface area contributed by atoms with E-state index < -0.39 is 27.8 Å². The lowest BCUT2D eigenvalue weighted by Crippen LogP contribution is -2.14. The van der Waals surface area contributed by atoms with Gasteiger partial charge in [0, 0.05) is 23.5 Å². The number of nitrogens with zero attached hydrogens (tertiary/aromatic N) is 3. The molecule has 0 unspecified atom stereocenters. The first-order chi connectivity index (χ1) is 15.0. The van der Waals surface area contributed by atoms with E-state index in [1.165, 1.54) is 48.8 Å². The maximum Gasteiger partial charge on any atom is 0.451 e. The smallest absolute Gasteiger partial charge is 0.343 e. The molecule has 4 rings (SSSR count). The largest absolute Gasteiger partial charge is 0.451 e. The summed E-state index contributed by atoms with van der Waals surface area (Å²) in [6, 6.07) is 9.96. The lowest BCUT2D eigenvalue weighted by Gasteiger charge is -2.16. The second-order valence-corrected chi connectivity index (χ2v) is 8.20. The number of nitrogens with one attached hydrogen (secondary N) is 1. The van der Waals surface area contributed by atoms with Crippen molar-refractivity contribution in [1.29, 1.82) is 0 Å². The summed E-state index contributed by atoms with van der Waals surface area (Å²) < 4.78 is 78.0. The van der Waals surface area contributed by atoms with E-state index >= 15 is 0 Å². The van der Waals surface area contributed by atoms with Crippen LogP contribution in [0.15, 0.2) is 65.8 Å². The van der Waals surface area contributed by atoms with Crippen molar-refractivity contribution in [3.8, 4) is 33.9 Å². The number of primary sulfonamides is 1. The average molecular weight is 463 g/mol. The molecular formula is C20H13F4N5O2S. The summed E-state index contributed by atoms with van der Waals surface area (Å²) in [5.41, 5.74) is -0.0161. The number of aromatic nitrogens is 4. The number of imidazole rings is 1. The van der Waals surface area contributed by atoms with Crippen LogP contribution in [-0.4, -0.2) is 28.4 Å². The summed E-state index contributed by atoms with van der Waals surface area (Å²) in [6.45, 7) is 0. The monoisotopic (exact) mass is 463 g/mol. The van der Waals surface area contributed by atoms with Crippen LogP contribution in [0.1, 0.15) is 5.82 Å². The Labute approximate surface area is 179 Å². The molecule has 0 radical (unpaired) electrons. The topological polar surface area (TPSA) is 115 Å². The molecule has 0 aliphatic carbocycles. The molecule has 4 aromatic rings. The molecule has 0 bridgehead atoms. The predicted octanol–water partition coefficient (Wildman–Crippen LogP) is 4.01. The van der Waals surface area contributed by atoms with Gasteiger partial charge in [-0.2, -0.15) is 13.2 Å². The zero-order valence-electron chi connectivity index (χ0n) is 15.9. The molecule has 0 aliphatic heterocycles. The first-order valence-electron chi connectivity index (χ1n) is 8.92. The summed E-state index contributed by atoms with van der Waals surface area (Å²) >= 11 is 0. The van der Waals surface area contributed by atoms with Gasteiger partial charge in [0.25, 0.3) is 0 Å². The molecule has 0 atom stereocenters. The third kappa shape index (κ3) is 4.22. The van der Waals surface area contributed by atoms with Crippen LogP contribution in [0, 0.1) is 5.82 Å². The molecule has 12 heteroatoms. The third-order valence-corrected chi connectivity index (χ3v) is 5.36. The summed E-state index contributed by atoms with van der Waals surface area (Å²) in [6.07, 6.45) is -2.17. The number of nitrogens with two attached hydrogens (primary N) is 1. The highest BCUT2D eigenvalue weighted by atomic mass is 32.2. The highest BCUT2D eigenvalue weighted by Gasteiger charge is 2.37. The number of H-pyrrole nitrogens is 1. The minimum absolute atomic E-state index is 0.00253. The molecule has 0 saturated heterocycles. The van der Waals surface area contributed by atoms with E-state index in [0.717, 1.165) is 12.1 Å². The van der Waals surface area contributed by atoms with Crippen molar-refractivity contribution in [1.82, 2.24) is 19.9 Å². The number of hydrogen-bond acceptors (Lipinski definition) is 5. The molecule has 2 aromatic carbocycles. The molecule has 0 spiro atoms. The van der Waals surface area contributed by atoms with Crippen molar-refractivity contribution < 1.29 is 26.0 Å². The Morgan fingerprint density at radius 3 is 2.22 bits per heavy atom. The van der Waals surface area contributed by atoms with Crippen LogP contribution in [0.3, 0.4) is 0 Å². The third-order valence-electron chi connectivity index (χ3n) is 4.45. The summed E-state index contributed by atoms with van der Waals surface area (Å²) in [5.74, 6) is -2.03. The van der Waals surface area contributed by atoms with E-state index in [4.69, 9.17) is 5.14 Å². The van der Waals surface area contributed by atoms with Crippen LogP contribution >= 0.6 is 0 Å². The Morgan fingerprint density at radius 2 is 1.62 bits per heavy atom. The van der Waals surface area contributed by atoms with Crippen molar-refractivity contribution in [3.63, 3.8) is 0 Å². The number of aromatic amines is 1. The van der Waals surface area contributed by atoms with Crippen LogP contribution in [0.4, 0.5) is 17.6 Å². The SMILES string of the molecule is NS(=O)(=O)c1cccc(-c2c(-c3ccc(F)cc3)nc(C(F)(F)F)nc2-c2ncc[nH]2)c1. The molecule has 32 heavy (non-hydrogen) atoms. The van der Waals surface area contributed by atoms with Crippen molar-refractivity contribution in [2.45, 2.75) is 11.1 Å². The van der Waals surface area contributed by atoms with Gasteiger partial charge < -0.3 is 4.98 Å². The first kappa shape index (κ1) is 21.6. The van der Waals surface area contributed by atoms with Crippen molar-refractivity contribution in [3.05, 3.63) is 72.6 Å². The van der Waals surface area contributed by atoms with E-state index in [0.29, 0.717) is 0 Å². The summed E-state index contributed by atoms with van der Waals surface area (Å²) in [4.78, 5) is 13.8. The highest BCUT2D eigenvalue weighted by Crippen LogP contribution is 2.40. The van der Waals surface area contributed by atoms with Gasteiger partial charge in [0.15, 0.2) is 5.82 Å². The molecule has 0 amide bonds. The fourth-order valence-electron chi connectivity index (χ4n) is 3.07. The van der Waals surface area contributed by atoms with Crippen LogP contribution in [0.5, 0.6) is 0 Å². The van der Waals surface area contributed by atoms with Gasteiger partial charge in [-0.1, -0.05) is 12.1 Å². The van der Waals surface area contributed by atoms with Crippen molar-refractivity contribution in [2.24, 2.45) is 5.14 Å². The van der Waals surface area contributed by atoms with Gasteiger partial charge in [-0.3, -0.25) is 0 Å². The molecule has 0 saturated carbocycles. The summed E-state index contributed by atoms with van der Waals surface area (Å²) in [5, 5.41) is 5.22. The molecule has 164 valence electrons. The highest BCUT2D eigenvalue weighted by molar-refractivity contribution is 7.89. The Bertz CT molecular complexity index is 1390. The Morgan fingerprint density at radius 1 is 0.938 bits per heavy atom. The number of benzene rings is 2. The Balaban J connectivity index is 2.12. The molecule has 0 aliphatic rings. The van der Waals surface area contributed by atoms with Crippen molar-refractivity contribution >= 4 is 10.0 Å². The molecular weight excluding hydrogens is 450 g/mol. The number of alkyl halides is 3. The minimum Gasteiger partial charge on any atom is -0.343 e. The lowest BCUT2D eigenvalue weighted by atomic mass is 9.97. The van der Waals surface area contributed by atoms with E-state index in [2.05, 4.69) is 19.9 Å². The van der Waals surface area contributed by atoms with E-state index in [-0.39, 0.29) is 38.8 Å². The second-order valence-electron chi connectivity index (χ2n) is 6.63. The van der Waals surface area contributed by atoms with Crippen LogP contribution < -0.4 is 5.14 Å². The Kier molecular flexibility index (Phi) is 5.26. The lowest BCUT2D eigenvalue weighted by molar-refractivity contribution is -0.144. The van der Waals surface area contributed by atoms with E-state index in [1.807, 2.05) is 0 Å². The maximum absolute atomic E-state index is 13.6. The second kappa shape index (κ2) is 7.80. The van der Waals surface area contributed by atoms with Crippen LogP contribution in [-0.2, 0) is 16.2 Å². The number of halogens is 4. The minimum atomic E-state index is -4.89. The standard InChI is InChI=1S/C20H13F4N5O2S/c21-13-6-4-11(5-7-13)16-15(12-2-1-3-14(10-12)32(25,30)31)17(18-26-8-9-27-18)29-19(28-16)20(22,23)24/h1-10H,(H,26,27)(H2,25,30,31). The van der Waals surface area contributed by atoms with Gasteiger partial charge in [0.05, 0.1) is 10.6 Å². The predicted molar refractivity (Wildman–Crippen MR) is 107 cm³/mol. The van der Waals surface area contributed by atoms with Crippen molar-refractivity contribution in [2.75, 3.05) is 0 Å². The first-order valence-corrected chi connectivity index (χ1v) is 10.5. The fraction of sp³-hybridized carbons (Fsp3) is 0.0500. The van der Waals surface area contributed by atoms with E-state index in [1.54, 1.807) is 0 Å². The van der Waals surface area contributed by atoms with Gasteiger partial charge in [0.2, 0.25) is 15.8 Å². The van der Waals surface area contributed by atoms with E-state index in [9.17, 15) is 26.0 Å². The quantitative estimate of drug-likeness (QED) is 0.444. The molecule has 3 N–H and O–H groups in total. The van der Waals surface area contributed by atoms with Gasteiger partial charge in [-0.15, -0.1) is 0 Å². The maximum atomic E-state index is 13.6. The molecule has 2 aromatic heterocycles. The Hall–Kier alpha value is -3.64. The van der Waals surface area contributed by atoms with Gasteiger partial charge in [-0.25, -0.2) is 32.9 Å². The average Bonchev–Trinajstić information content (AvgIpc) is 3.27. The van der Waals surface area contributed by atoms with Gasteiger partial charge in [0.1, 0.15) is 11.5 Å². The van der Waals surface area contributed by atoms with Gasteiger partial charge in [-0.05, 0) is 42.0 Å². The number of rotatable bonds is 4. The zero-order chi connectivity index (χ0) is 23.1. The van der Waals surface area contributed by atoms with Gasteiger partial charge >= 0.3 is 6.18 Å².